The lowest BCUT2D eigenvalue weighted by molar-refractivity contribution is 0.0118. The minimum atomic E-state index is -0.503. The third kappa shape index (κ3) is 4.68. The largest absolute Gasteiger partial charge is 0.444 e. The van der Waals surface area contributed by atoms with E-state index in [4.69, 9.17) is 9.72 Å². The molecule has 164 valence electrons. The normalized spacial score (nSPS) is 19.2. The zero-order chi connectivity index (χ0) is 22.2. The molecule has 0 bridgehead atoms. The number of hydrogen-bond acceptors (Lipinski definition) is 5. The van der Waals surface area contributed by atoms with E-state index in [9.17, 15) is 9.90 Å². The van der Waals surface area contributed by atoms with E-state index in [1.807, 2.05) is 51.2 Å². The molecule has 2 heterocycles. The smallest absolute Gasteiger partial charge is 0.410 e. The predicted octanol–water partition coefficient (Wildman–Crippen LogP) is 4.33. The number of carbonyl (C=O) groups excluding carboxylic acids is 1. The number of piperazine rings is 1. The topological polar surface area (TPSA) is 65.9 Å². The molecule has 2 aromatic rings. The van der Waals surface area contributed by atoms with E-state index in [1.54, 1.807) is 4.90 Å². The van der Waals surface area contributed by atoms with Crippen LogP contribution in [-0.2, 0) is 4.74 Å². The lowest BCUT2D eigenvalue weighted by atomic mass is 9.94. The van der Waals surface area contributed by atoms with Crippen LogP contribution in [0.2, 0.25) is 0 Å². The Balaban J connectivity index is 1.66. The zero-order valence-electron chi connectivity index (χ0n) is 18.1. The van der Waals surface area contributed by atoms with Gasteiger partial charge in [0.1, 0.15) is 5.60 Å². The van der Waals surface area contributed by atoms with Gasteiger partial charge in [-0.05, 0) is 71.1 Å². The van der Waals surface area contributed by atoms with Crippen molar-refractivity contribution in [1.82, 2.24) is 14.8 Å². The molecule has 1 aliphatic carbocycles. The molecule has 6 nitrogen and oxygen atoms in total. The Labute approximate surface area is 191 Å². The van der Waals surface area contributed by atoms with Crippen molar-refractivity contribution in [1.29, 1.82) is 0 Å². The van der Waals surface area contributed by atoms with Gasteiger partial charge in [-0.1, -0.05) is 24.3 Å². The van der Waals surface area contributed by atoms with Crippen LogP contribution < -0.4 is 0 Å². The Morgan fingerprint density at radius 2 is 1.94 bits per heavy atom. The number of pyridine rings is 1. The van der Waals surface area contributed by atoms with Crippen molar-refractivity contribution in [3.05, 3.63) is 63.4 Å². The summed E-state index contributed by atoms with van der Waals surface area (Å²) in [6.07, 6.45) is 3.59. The van der Waals surface area contributed by atoms with Gasteiger partial charge in [0, 0.05) is 36.8 Å². The molecule has 0 saturated carbocycles. The second-order valence-corrected chi connectivity index (χ2v) is 9.86. The second kappa shape index (κ2) is 8.73. The Hall–Kier alpha value is -2.22. The standard InChI is InChI=1S/C24H28BrN3O3/c1-24(2,3)31-23(30)28-10-8-27(9-11-28)22-20-7-5-4-6-19(20)17(15-29)12-16-13-18(25)14-26-21(16)22/h4-7,12-14,22,29H,8-11,15H2,1-3H3. The first-order valence-corrected chi connectivity index (χ1v) is 11.3. The molecule has 2 aliphatic rings. The van der Waals surface area contributed by atoms with E-state index in [1.165, 1.54) is 0 Å². The SMILES string of the molecule is CC(C)(C)OC(=O)N1CCN(C2c3ccccc3C(CO)=Cc3cc(Br)cnc32)CC1. The van der Waals surface area contributed by atoms with Gasteiger partial charge in [0.25, 0.3) is 0 Å². The Kier molecular flexibility index (Phi) is 6.19. The molecule has 1 unspecified atom stereocenters. The van der Waals surface area contributed by atoms with E-state index < -0.39 is 5.60 Å². The number of ether oxygens (including phenoxy) is 1. The van der Waals surface area contributed by atoms with Gasteiger partial charge < -0.3 is 14.7 Å². The predicted molar refractivity (Wildman–Crippen MR) is 125 cm³/mol. The van der Waals surface area contributed by atoms with Crippen LogP contribution in [0.5, 0.6) is 0 Å². The third-order valence-electron chi connectivity index (χ3n) is 5.61. The van der Waals surface area contributed by atoms with Crippen LogP contribution in [0.1, 0.15) is 49.2 Å². The van der Waals surface area contributed by atoms with Crippen molar-refractivity contribution in [2.45, 2.75) is 32.4 Å². The Bertz CT molecular complexity index is 1010. The molecule has 7 heteroatoms. The summed E-state index contributed by atoms with van der Waals surface area (Å²) < 4.78 is 6.45. The van der Waals surface area contributed by atoms with Gasteiger partial charge in [-0.25, -0.2) is 4.79 Å². The van der Waals surface area contributed by atoms with Crippen molar-refractivity contribution in [2.24, 2.45) is 0 Å². The van der Waals surface area contributed by atoms with Crippen LogP contribution in [0.4, 0.5) is 4.79 Å². The average Bonchev–Trinajstić information content (AvgIpc) is 2.86. The number of fused-ring (bicyclic) bond motifs is 2. The number of aliphatic hydroxyl groups is 1. The molecule has 0 radical (unpaired) electrons. The highest BCUT2D eigenvalue weighted by molar-refractivity contribution is 9.10. The second-order valence-electron chi connectivity index (χ2n) is 8.95. The highest BCUT2D eigenvalue weighted by Crippen LogP contribution is 2.39. The van der Waals surface area contributed by atoms with E-state index in [-0.39, 0.29) is 18.7 Å². The minimum Gasteiger partial charge on any atom is -0.444 e. The maximum absolute atomic E-state index is 12.5. The number of rotatable bonds is 2. The molecule has 1 aromatic heterocycles. The maximum atomic E-state index is 12.5. The van der Waals surface area contributed by atoms with Crippen molar-refractivity contribution < 1.29 is 14.6 Å². The number of carbonyl (C=O) groups is 1. The summed E-state index contributed by atoms with van der Waals surface area (Å²) in [7, 11) is 0. The fraction of sp³-hybridized carbons (Fsp3) is 0.417. The van der Waals surface area contributed by atoms with Crippen LogP contribution in [0.15, 0.2) is 41.0 Å². The molecule has 1 aliphatic heterocycles. The lowest BCUT2D eigenvalue weighted by Crippen LogP contribution is -2.51. The van der Waals surface area contributed by atoms with Crippen molar-refractivity contribution in [3.8, 4) is 0 Å². The van der Waals surface area contributed by atoms with Crippen LogP contribution in [-0.4, -0.2) is 64.4 Å². The van der Waals surface area contributed by atoms with Crippen molar-refractivity contribution in [2.75, 3.05) is 32.8 Å². The maximum Gasteiger partial charge on any atom is 0.410 e. The molecule has 1 N–H and O–H groups in total. The van der Waals surface area contributed by atoms with Crippen LogP contribution in [0.3, 0.4) is 0 Å². The third-order valence-corrected chi connectivity index (χ3v) is 6.04. The molecular formula is C24H28BrN3O3. The van der Waals surface area contributed by atoms with Gasteiger partial charge in [-0.3, -0.25) is 9.88 Å². The minimum absolute atomic E-state index is 0.0396. The average molecular weight is 486 g/mol. The highest BCUT2D eigenvalue weighted by atomic mass is 79.9. The molecule has 1 aromatic carbocycles. The van der Waals surface area contributed by atoms with E-state index in [0.717, 1.165) is 32.4 Å². The van der Waals surface area contributed by atoms with Gasteiger partial charge in [0.15, 0.2) is 0 Å². The van der Waals surface area contributed by atoms with Crippen LogP contribution in [0.25, 0.3) is 11.6 Å². The zero-order valence-corrected chi connectivity index (χ0v) is 19.7. The summed E-state index contributed by atoms with van der Waals surface area (Å²) in [6.45, 7) is 8.23. The molecule has 4 rings (SSSR count). The first-order chi connectivity index (χ1) is 14.8. The molecule has 1 fully saturated rings. The monoisotopic (exact) mass is 485 g/mol. The molecule has 1 atom stereocenters. The van der Waals surface area contributed by atoms with Crippen molar-refractivity contribution in [3.63, 3.8) is 0 Å². The summed E-state index contributed by atoms with van der Waals surface area (Å²) in [5, 5.41) is 10.1. The molecule has 31 heavy (non-hydrogen) atoms. The summed E-state index contributed by atoms with van der Waals surface area (Å²) in [5.41, 5.74) is 4.50. The highest BCUT2D eigenvalue weighted by Gasteiger charge is 2.34. The number of aliphatic hydroxyl groups excluding tert-OH is 1. The van der Waals surface area contributed by atoms with Crippen molar-refractivity contribution >= 4 is 33.7 Å². The van der Waals surface area contributed by atoms with E-state index in [2.05, 4.69) is 33.0 Å². The van der Waals surface area contributed by atoms with Gasteiger partial charge >= 0.3 is 6.09 Å². The number of aromatic nitrogens is 1. The van der Waals surface area contributed by atoms with Gasteiger partial charge in [0.2, 0.25) is 0 Å². The fourth-order valence-electron chi connectivity index (χ4n) is 4.24. The first-order valence-electron chi connectivity index (χ1n) is 10.5. The van der Waals surface area contributed by atoms with Gasteiger partial charge in [-0.15, -0.1) is 0 Å². The number of hydrogen-bond donors (Lipinski definition) is 1. The summed E-state index contributed by atoms with van der Waals surface area (Å²) >= 11 is 3.53. The molecule has 0 spiro atoms. The number of amides is 1. The summed E-state index contributed by atoms with van der Waals surface area (Å²) in [5.74, 6) is 0. The van der Waals surface area contributed by atoms with Gasteiger partial charge in [0.05, 0.1) is 18.3 Å². The van der Waals surface area contributed by atoms with E-state index >= 15 is 0 Å². The first kappa shape index (κ1) is 22.0. The quantitative estimate of drug-likeness (QED) is 0.685. The molecule has 1 saturated heterocycles. The fourth-order valence-corrected chi connectivity index (χ4v) is 4.59. The Morgan fingerprint density at radius 1 is 1.23 bits per heavy atom. The number of nitrogens with zero attached hydrogens (tertiary/aromatic N) is 3. The van der Waals surface area contributed by atoms with Gasteiger partial charge in [-0.2, -0.15) is 0 Å². The molecular weight excluding hydrogens is 458 g/mol. The number of halogens is 1. The van der Waals surface area contributed by atoms with E-state index in [0.29, 0.717) is 26.2 Å². The molecule has 1 amide bonds. The lowest BCUT2D eigenvalue weighted by Gasteiger charge is -2.40. The summed E-state index contributed by atoms with van der Waals surface area (Å²) in [6, 6.07) is 10.2. The number of benzene rings is 1. The summed E-state index contributed by atoms with van der Waals surface area (Å²) in [4.78, 5) is 21.4. The van der Waals surface area contributed by atoms with Crippen LogP contribution in [0, 0.1) is 0 Å². The van der Waals surface area contributed by atoms with Crippen LogP contribution >= 0.6 is 15.9 Å². The Morgan fingerprint density at radius 3 is 2.61 bits per heavy atom.